The molecule has 0 spiro atoms. The third-order valence-electron chi connectivity index (χ3n) is 2.56. The number of unbranched alkanes of at least 4 members (excludes halogenated alkanes) is 1. The minimum absolute atomic E-state index is 0.0327. The number of methoxy groups -OCH3 is 1. The first kappa shape index (κ1) is 14.3. The van der Waals surface area contributed by atoms with Crippen LogP contribution >= 0.6 is 0 Å². The highest BCUT2D eigenvalue weighted by molar-refractivity contribution is 5.99. The van der Waals surface area contributed by atoms with Gasteiger partial charge in [-0.25, -0.2) is 0 Å². The summed E-state index contributed by atoms with van der Waals surface area (Å²) in [5.74, 6) is 0.604. The smallest absolute Gasteiger partial charge is 0.173 e. The molecule has 0 atom stereocenters. The summed E-state index contributed by atoms with van der Waals surface area (Å²) < 4.78 is 10.7. The fourth-order valence-electron chi connectivity index (χ4n) is 1.53. The van der Waals surface area contributed by atoms with Gasteiger partial charge in [0.15, 0.2) is 5.84 Å². The largest absolute Gasteiger partial charge is 0.496 e. The molecule has 3 N–H and O–H groups in total. The molecular weight excluding hydrogens is 232 g/mol. The second-order valence-corrected chi connectivity index (χ2v) is 3.93. The van der Waals surface area contributed by atoms with E-state index in [-0.39, 0.29) is 5.84 Å². The van der Waals surface area contributed by atoms with Gasteiger partial charge in [-0.2, -0.15) is 0 Å². The second kappa shape index (κ2) is 7.55. The Balaban J connectivity index is 2.73. The molecule has 1 aromatic rings. The minimum Gasteiger partial charge on any atom is -0.496 e. The van der Waals surface area contributed by atoms with E-state index in [4.69, 9.17) is 20.4 Å². The zero-order valence-electron chi connectivity index (χ0n) is 10.8. The van der Waals surface area contributed by atoms with Crippen LogP contribution in [0.3, 0.4) is 0 Å². The van der Waals surface area contributed by atoms with Crippen molar-refractivity contribution in [1.29, 1.82) is 0 Å². The topological polar surface area (TPSA) is 77.1 Å². The molecule has 5 nitrogen and oxygen atoms in total. The molecule has 0 heterocycles. The lowest BCUT2D eigenvalue weighted by Crippen LogP contribution is -2.14. The Bertz CT molecular complexity index is 405. The van der Waals surface area contributed by atoms with Crippen LogP contribution in [0.15, 0.2) is 23.4 Å². The van der Waals surface area contributed by atoms with E-state index in [9.17, 15) is 0 Å². The van der Waals surface area contributed by atoms with Crippen LogP contribution < -0.4 is 10.5 Å². The molecule has 1 aromatic carbocycles. The number of nitrogens with two attached hydrogens (primary N) is 1. The van der Waals surface area contributed by atoms with E-state index >= 15 is 0 Å². The summed E-state index contributed by atoms with van der Waals surface area (Å²) in [6.07, 6.45) is 2.17. The van der Waals surface area contributed by atoms with Gasteiger partial charge in [-0.1, -0.05) is 24.6 Å². The SMILES string of the molecule is CCCCOCc1ccc(/C(N)=N/O)c(OC)c1. The van der Waals surface area contributed by atoms with E-state index in [1.54, 1.807) is 13.2 Å². The van der Waals surface area contributed by atoms with Crippen LogP contribution in [0, 0.1) is 0 Å². The summed E-state index contributed by atoms with van der Waals surface area (Å²) in [5.41, 5.74) is 7.11. The van der Waals surface area contributed by atoms with Gasteiger partial charge in [-0.3, -0.25) is 0 Å². The van der Waals surface area contributed by atoms with Crippen LogP contribution in [0.4, 0.5) is 0 Å². The molecule has 0 aliphatic heterocycles. The lowest BCUT2D eigenvalue weighted by Gasteiger charge is -2.10. The van der Waals surface area contributed by atoms with Gasteiger partial charge >= 0.3 is 0 Å². The number of benzene rings is 1. The maximum atomic E-state index is 8.66. The molecular formula is C13H20N2O3. The molecule has 0 saturated heterocycles. The van der Waals surface area contributed by atoms with Crippen molar-refractivity contribution in [2.75, 3.05) is 13.7 Å². The highest BCUT2D eigenvalue weighted by atomic mass is 16.5. The zero-order valence-corrected chi connectivity index (χ0v) is 10.8. The average molecular weight is 252 g/mol. The van der Waals surface area contributed by atoms with E-state index in [0.717, 1.165) is 25.0 Å². The Kier molecular flexibility index (Phi) is 6.00. The normalized spacial score (nSPS) is 11.6. The molecule has 0 bridgehead atoms. The van der Waals surface area contributed by atoms with E-state index in [1.165, 1.54) is 0 Å². The summed E-state index contributed by atoms with van der Waals surface area (Å²) in [5, 5.41) is 11.6. The second-order valence-electron chi connectivity index (χ2n) is 3.93. The number of rotatable bonds is 7. The van der Waals surface area contributed by atoms with Crippen LogP contribution in [-0.2, 0) is 11.3 Å². The van der Waals surface area contributed by atoms with Crippen molar-refractivity contribution in [1.82, 2.24) is 0 Å². The van der Waals surface area contributed by atoms with Gasteiger partial charge in [0.1, 0.15) is 5.75 Å². The first-order valence-corrected chi connectivity index (χ1v) is 5.95. The van der Waals surface area contributed by atoms with Gasteiger partial charge in [0.05, 0.1) is 19.3 Å². The number of nitrogens with zero attached hydrogens (tertiary/aromatic N) is 1. The van der Waals surface area contributed by atoms with Gasteiger partial charge in [-0.05, 0) is 24.1 Å². The van der Waals surface area contributed by atoms with E-state index < -0.39 is 0 Å². The zero-order chi connectivity index (χ0) is 13.4. The van der Waals surface area contributed by atoms with Gasteiger partial charge in [0.25, 0.3) is 0 Å². The van der Waals surface area contributed by atoms with Crippen LogP contribution in [-0.4, -0.2) is 24.8 Å². The average Bonchev–Trinajstić information content (AvgIpc) is 2.42. The number of amidine groups is 1. The Morgan fingerprint density at radius 3 is 2.83 bits per heavy atom. The van der Waals surface area contributed by atoms with Gasteiger partial charge in [0.2, 0.25) is 0 Å². The van der Waals surface area contributed by atoms with Crippen LogP contribution in [0.5, 0.6) is 5.75 Å². The predicted molar refractivity (Wildman–Crippen MR) is 70.1 cm³/mol. The van der Waals surface area contributed by atoms with Crippen molar-refractivity contribution < 1.29 is 14.7 Å². The fraction of sp³-hybridized carbons (Fsp3) is 0.462. The summed E-state index contributed by atoms with van der Waals surface area (Å²) in [4.78, 5) is 0. The Morgan fingerprint density at radius 2 is 2.22 bits per heavy atom. The lowest BCUT2D eigenvalue weighted by molar-refractivity contribution is 0.118. The van der Waals surface area contributed by atoms with Gasteiger partial charge in [0, 0.05) is 6.61 Å². The van der Waals surface area contributed by atoms with Crippen LogP contribution in [0.2, 0.25) is 0 Å². The predicted octanol–water partition coefficient (Wildman–Crippen LogP) is 2.11. The highest BCUT2D eigenvalue weighted by Gasteiger charge is 2.08. The molecule has 1 rings (SSSR count). The quantitative estimate of drug-likeness (QED) is 0.256. The number of ether oxygens (including phenoxy) is 2. The van der Waals surface area contributed by atoms with Crippen molar-refractivity contribution in [3.8, 4) is 5.75 Å². The van der Waals surface area contributed by atoms with Gasteiger partial charge < -0.3 is 20.4 Å². The number of hydrogen-bond donors (Lipinski definition) is 2. The maximum absolute atomic E-state index is 8.66. The summed E-state index contributed by atoms with van der Waals surface area (Å²) in [7, 11) is 1.55. The van der Waals surface area contributed by atoms with Crippen molar-refractivity contribution in [3.63, 3.8) is 0 Å². The molecule has 0 radical (unpaired) electrons. The van der Waals surface area contributed by atoms with Crippen molar-refractivity contribution in [2.45, 2.75) is 26.4 Å². The van der Waals surface area contributed by atoms with Crippen LogP contribution in [0.1, 0.15) is 30.9 Å². The first-order chi connectivity index (χ1) is 8.72. The Morgan fingerprint density at radius 1 is 1.44 bits per heavy atom. The highest BCUT2D eigenvalue weighted by Crippen LogP contribution is 2.20. The summed E-state index contributed by atoms with van der Waals surface area (Å²) >= 11 is 0. The number of hydrogen-bond acceptors (Lipinski definition) is 4. The minimum atomic E-state index is 0.0327. The van der Waals surface area contributed by atoms with Crippen molar-refractivity contribution in [2.24, 2.45) is 10.9 Å². The molecule has 0 unspecified atom stereocenters. The summed E-state index contributed by atoms with van der Waals surface area (Å²) in [6.45, 7) is 3.41. The molecule has 5 heteroatoms. The molecule has 0 saturated carbocycles. The van der Waals surface area contributed by atoms with Crippen LogP contribution in [0.25, 0.3) is 0 Å². The molecule has 0 fully saturated rings. The number of oxime groups is 1. The Hall–Kier alpha value is -1.75. The molecule has 0 amide bonds. The Labute approximate surface area is 107 Å². The van der Waals surface area contributed by atoms with E-state index in [2.05, 4.69) is 12.1 Å². The third kappa shape index (κ3) is 3.92. The van der Waals surface area contributed by atoms with Gasteiger partial charge in [-0.15, -0.1) is 0 Å². The molecule has 0 aliphatic carbocycles. The fourth-order valence-corrected chi connectivity index (χ4v) is 1.53. The summed E-state index contributed by atoms with van der Waals surface area (Å²) in [6, 6.07) is 5.47. The third-order valence-corrected chi connectivity index (χ3v) is 2.56. The lowest BCUT2D eigenvalue weighted by atomic mass is 10.1. The first-order valence-electron chi connectivity index (χ1n) is 5.95. The van der Waals surface area contributed by atoms with Crippen molar-refractivity contribution >= 4 is 5.84 Å². The van der Waals surface area contributed by atoms with E-state index in [0.29, 0.717) is 17.9 Å². The van der Waals surface area contributed by atoms with E-state index in [1.807, 2.05) is 12.1 Å². The maximum Gasteiger partial charge on any atom is 0.173 e. The molecule has 18 heavy (non-hydrogen) atoms. The van der Waals surface area contributed by atoms with Crippen molar-refractivity contribution in [3.05, 3.63) is 29.3 Å². The molecule has 0 aromatic heterocycles. The molecule has 100 valence electrons. The molecule has 0 aliphatic rings. The monoisotopic (exact) mass is 252 g/mol. The standard InChI is InChI=1S/C13H20N2O3/c1-3-4-7-18-9-10-5-6-11(13(14)15-16)12(8-10)17-2/h5-6,8,16H,3-4,7,9H2,1-2H3,(H2,14,15).